The molecule has 0 spiro atoms. The molecule has 1 aliphatic carbocycles. The minimum atomic E-state index is -4.58. The van der Waals surface area contributed by atoms with Crippen LogP contribution in [0.4, 0.5) is 11.4 Å². The van der Waals surface area contributed by atoms with E-state index >= 15 is 0 Å². The summed E-state index contributed by atoms with van der Waals surface area (Å²) in [5, 5.41) is 0.380. The van der Waals surface area contributed by atoms with Gasteiger partial charge in [-0.1, -0.05) is 37.6 Å². The highest BCUT2D eigenvalue weighted by Crippen LogP contribution is 2.49. The fourth-order valence-electron chi connectivity index (χ4n) is 7.10. The van der Waals surface area contributed by atoms with Gasteiger partial charge in [0.05, 0.1) is 27.7 Å². The Morgan fingerprint density at radius 1 is 0.786 bits per heavy atom. The van der Waals surface area contributed by atoms with Crippen LogP contribution in [0.3, 0.4) is 0 Å². The van der Waals surface area contributed by atoms with Crippen molar-refractivity contribution in [3.05, 3.63) is 93.7 Å². The fraction of sp³-hybridized carbons (Fsp3) is 0.343. The quantitative estimate of drug-likeness (QED) is 0.188. The number of nitrogens with zero attached hydrogens (tertiary/aromatic N) is 2. The molecular weight excluding hydrogens is 832 g/mol. The molecule has 302 valence electrons. The summed E-state index contributed by atoms with van der Waals surface area (Å²) in [4.78, 5) is 26.5. The summed E-state index contributed by atoms with van der Waals surface area (Å²) in [5.41, 5.74) is 2.22. The Hall–Kier alpha value is -4.18. The second kappa shape index (κ2) is 14.6. The van der Waals surface area contributed by atoms with Gasteiger partial charge in [0, 0.05) is 39.5 Å². The predicted molar refractivity (Wildman–Crippen MR) is 209 cm³/mol. The van der Waals surface area contributed by atoms with E-state index in [-0.39, 0.29) is 9.79 Å². The van der Waals surface area contributed by atoms with Crippen LogP contribution in [0.25, 0.3) is 0 Å². The van der Waals surface area contributed by atoms with Gasteiger partial charge in [-0.05, 0) is 79.8 Å². The van der Waals surface area contributed by atoms with Gasteiger partial charge < -0.3 is 4.90 Å². The summed E-state index contributed by atoms with van der Waals surface area (Å²) in [6.07, 6.45) is 9.48. The number of carbonyl (C=O) groups excluding carboxylic acids is 2. The molecule has 0 saturated heterocycles. The van der Waals surface area contributed by atoms with E-state index in [0.717, 1.165) is 12.5 Å². The number of allylic oxidation sites excluding steroid dienone is 8. The molecule has 2 aliphatic heterocycles. The number of anilines is 1. The van der Waals surface area contributed by atoms with Crippen LogP contribution in [0.2, 0.25) is 0 Å². The minimum Gasteiger partial charge on any atom is -0.335 e. The number of hydrogen-bond donors (Lipinski definition) is 4. The van der Waals surface area contributed by atoms with Crippen LogP contribution in [-0.2, 0) is 60.7 Å². The molecule has 0 radical (unpaired) electrons. The number of sulfonamides is 2. The predicted octanol–water partition coefficient (Wildman–Crippen LogP) is 3.16. The zero-order valence-corrected chi connectivity index (χ0v) is 35.0. The second-order valence-corrected chi connectivity index (χ2v) is 21.3. The molecule has 0 saturated carbocycles. The first-order valence-electron chi connectivity index (χ1n) is 16.7. The van der Waals surface area contributed by atoms with Crippen LogP contribution in [0, 0.1) is 0 Å². The summed E-state index contributed by atoms with van der Waals surface area (Å²) < 4.78 is 120. The van der Waals surface area contributed by atoms with Crippen molar-refractivity contribution in [3.63, 3.8) is 0 Å². The number of fused-ring (bicyclic) bond motifs is 2. The van der Waals surface area contributed by atoms with Gasteiger partial charge in [-0.3, -0.25) is 23.4 Å². The molecule has 16 nitrogen and oxygen atoms in total. The molecule has 3 aliphatic rings. The van der Waals surface area contributed by atoms with Crippen molar-refractivity contribution < 1.29 is 56.9 Å². The molecule has 0 bridgehead atoms. The third-order valence-corrected chi connectivity index (χ3v) is 13.0. The maximum Gasteiger partial charge on any atom is 0.299 e. The van der Waals surface area contributed by atoms with E-state index in [2.05, 4.69) is 0 Å². The van der Waals surface area contributed by atoms with E-state index in [0.29, 0.717) is 62.9 Å². The molecule has 5 rings (SSSR count). The number of nitrogens with one attached hydrogen (secondary N) is 2. The van der Waals surface area contributed by atoms with E-state index in [4.69, 9.17) is 11.6 Å². The monoisotopic (exact) mass is 871 g/mol. The Morgan fingerprint density at radius 2 is 1.34 bits per heavy atom. The molecule has 2 aromatic carbocycles. The summed E-state index contributed by atoms with van der Waals surface area (Å²) >= 11 is 6.91. The first-order valence-corrected chi connectivity index (χ1v) is 23.7. The highest BCUT2D eigenvalue weighted by Gasteiger charge is 2.46. The van der Waals surface area contributed by atoms with Gasteiger partial charge in [0.25, 0.3) is 32.1 Å². The van der Waals surface area contributed by atoms with Gasteiger partial charge in [0.15, 0.2) is 5.71 Å². The van der Waals surface area contributed by atoms with Gasteiger partial charge in [-0.15, -0.1) is 0 Å². The van der Waals surface area contributed by atoms with Crippen molar-refractivity contribution in [1.29, 1.82) is 0 Å². The Morgan fingerprint density at radius 3 is 1.91 bits per heavy atom. The van der Waals surface area contributed by atoms with Crippen molar-refractivity contribution in [2.24, 2.45) is 0 Å². The molecule has 0 aromatic heterocycles. The SMILES string of the molecule is CC1(C)C(=CC=C2CCC(C=CC3=[N+](CC(=O)NS(C)(=O)=O)c4ccc(S(=O)(=O)O)cc4C3(C)C)=C2Cl)N(CC(=O)NS(C)(=O)=O)c2ccc(S(=O)(=O)O)cc21. The van der Waals surface area contributed by atoms with Gasteiger partial charge in [-0.25, -0.2) is 21.6 Å². The average molecular weight is 872 g/mol. The van der Waals surface area contributed by atoms with E-state index < -0.39 is 76.0 Å². The lowest BCUT2D eigenvalue weighted by molar-refractivity contribution is -0.425. The van der Waals surface area contributed by atoms with Crippen molar-refractivity contribution in [2.45, 2.75) is 61.2 Å². The first kappa shape index (κ1) is 43.0. The summed E-state index contributed by atoms with van der Waals surface area (Å²) in [7, 11) is -16.9. The highest BCUT2D eigenvalue weighted by atomic mass is 35.5. The van der Waals surface area contributed by atoms with Crippen molar-refractivity contribution in [2.75, 3.05) is 30.5 Å². The fourth-order valence-corrected chi connectivity index (χ4v) is 9.39. The lowest BCUT2D eigenvalue weighted by Crippen LogP contribution is -2.39. The zero-order chi connectivity index (χ0) is 42.0. The number of rotatable bonds is 11. The average Bonchev–Trinajstić information content (AvgIpc) is 3.55. The minimum absolute atomic E-state index is 0.359. The van der Waals surface area contributed by atoms with Crippen molar-refractivity contribution in [3.8, 4) is 0 Å². The molecule has 0 fully saturated rings. The summed E-state index contributed by atoms with van der Waals surface area (Å²) in [6, 6.07) is 7.79. The van der Waals surface area contributed by atoms with E-state index in [9.17, 15) is 52.4 Å². The van der Waals surface area contributed by atoms with E-state index in [1.165, 1.54) is 36.4 Å². The first-order chi connectivity index (χ1) is 25.5. The van der Waals surface area contributed by atoms with Gasteiger partial charge >= 0.3 is 0 Å². The number of carbonyl (C=O) groups is 2. The molecule has 0 atom stereocenters. The normalized spacial score (nSPS) is 19.6. The van der Waals surface area contributed by atoms with Crippen LogP contribution in [0.5, 0.6) is 0 Å². The molecular formula is C35H40ClN4O12S4+. The third-order valence-electron chi connectivity index (χ3n) is 9.64. The lowest BCUT2D eigenvalue weighted by Gasteiger charge is -2.26. The number of amides is 2. The van der Waals surface area contributed by atoms with E-state index in [1.807, 2.05) is 9.44 Å². The van der Waals surface area contributed by atoms with Crippen LogP contribution in [-0.4, -0.2) is 90.5 Å². The summed E-state index contributed by atoms with van der Waals surface area (Å²) in [6.45, 7) is 6.22. The number of benzene rings is 2. The van der Waals surface area contributed by atoms with Gasteiger partial charge in [-0.2, -0.15) is 21.4 Å². The smallest absolute Gasteiger partial charge is 0.299 e. The van der Waals surface area contributed by atoms with Crippen LogP contribution >= 0.6 is 11.6 Å². The van der Waals surface area contributed by atoms with Crippen LogP contribution in [0.1, 0.15) is 51.7 Å². The Kier molecular flexibility index (Phi) is 11.2. The summed E-state index contributed by atoms with van der Waals surface area (Å²) in [5.74, 6) is -1.68. The molecule has 2 heterocycles. The molecule has 56 heavy (non-hydrogen) atoms. The van der Waals surface area contributed by atoms with E-state index in [1.54, 1.807) is 61.5 Å². The standard InChI is InChI=1S/C35H39ClN4O12S4/c1-34(2)25-17-23(55(47,48)49)11-13-27(25)39(19-31(41)37-53(5,43)44)29(34)15-9-21-7-8-22(33(21)36)10-16-30-35(3,4)26-18-24(56(50,51)52)12-14-28(26)40(30)20-32(42)38-54(6,45)46/h9-18H,7-8,19-20H2,1-6H3,(H3-,37,38,41,42,47,48,49,50,51,52)/p+1. The van der Waals surface area contributed by atoms with Gasteiger partial charge in [0.2, 0.25) is 32.3 Å². The molecule has 21 heteroatoms. The second-order valence-electron chi connectivity index (χ2n) is 14.6. The Bertz CT molecular complexity index is 2690. The maximum atomic E-state index is 12.8. The maximum absolute atomic E-state index is 12.8. The Labute approximate surface area is 330 Å². The molecule has 4 N–H and O–H groups in total. The van der Waals surface area contributed by atoms with Crippen molar-refractivity contribution in [1.82, 2.24) is 9.44 Å². The topological polar surface area (TPSA) is 241 Å². The third kappa shape index (κ3) is 9.01. The number of hydrogen-bond acceptors (Lipinski definition) is 11. The lowest BCUT2D eigenvalue weighted by atomic mass is 9.81. The van der Waals surface area contributed by atoms with Crippen molar-refractivity contribution >= 4 is 80.8 Å². The molecule has 2 aromatic rings. The van der Waals surface area contributed by atoms with Crippen LogP contribution in [0.15, 0.2) is 92.4 Å². The number of halogens is 1. The largest absolute Gasteiger partial charge is 0.335 e. The molecule has 2 amide bonds. The zero-order valence-electron chi connectivity index (χ0n) is 31.0. The highest BCUT2D eigenvalue weighted by molar-refractivity contribution is 7.89. The van der Waals surface area contributed by atoms with Gasteiger partial charge in [0.1, 0.15) is 6.54 Å². The van der Waals surface area contributed by atoms with Crippen LogP contribution < -0.4 is 14.3 Å². The Balaban J connectivity index is 1.55. The molecule has 0 unspecified atom stereocenters.